The molecule has 0 saturated heterocycles. The predicted molar refractivity (Wildman–Crippen MR) is 71.8 cm³/mol. The molecule has 0 heterocycles. The quantitative estimate of drug-likeness (QED) is 0.723. The van der Waals surface area contributed by atoms with Crippen molar-refractivity contribution in [3.63, 3.8) is 0 Å². The van der Waals surface area contributed by atoms with E-state index in [2.05, 4.69) is 16.0 Å². The first-order valence-electron chi connectivity index (χ1n) is 5.90. The number of benzene rings is 1. The van der Waals surface area contributed by atoms with Crippen LogP contribution in [0, 0.1) is 0 Å². The van der Waals surface area contributed by atoms with Crippen molar-refractivity contribution in [2.75, 3.05) is 18.9 Å². The molecule has 1 aromatic rings. The molecule has 19 heavy (non-hydrogen) atoms. The summed E-state index contributed by atoms with van der Waals surface area (Å²) in [6.07, 6.45) is 0.154. The van der Waals surface area contributed by atoms with Crippen LogP contribution in [0.5, 0.6) is 0 Å². The summed E-state index contributed by atoms with van der Waals surface area (Å²) in [6, 6.07) is 6.73. The Hall–Kier alpha value is -2.37. The maximum atomic E-state index is 11.7. The highest BCUT2D eigenvalue weighted by Crippen LogP contribution is 2.14. The molecule has 6 heteroatoms. The average molecular weight is 263 g/mol. The third-order valence-corrected chi connectivity index (χ3v) is 2.40. The fourth-order valence-electron chi connectivity index (χ4n) is 1.49. The van der Waals surface area contributed by atoms with E-state index in [9.17, 15) is 14.4 Å². The molecule has 0 atom stereocenters. The Morgan fingerprint density at radius 3 is 2.47 bits per heavy atom. The summed E-state index contributed by atoms with van der Waals surface area (Å²) in [5.74, 6) is -0.707. The van der Waals surface area contributed by atoms with Crippen molar-refractivity contribution in [2.45, 2.75) is 13.3 Å². The molecule has 0 aliphatic carbocycles. The Bertz CT molecular complexity index is 486. The summed E-state index contributed by atoms with van der Waals surface area (Å²) < 4.78 is 0. The number of hydrogen-bond acceptors (Lipinski definition) is 3. The lowest BCUT2D eigenvalue weighted by Gasteiger charge is -2.10. The van der Waals surface area contributed by atoms with Crippen LogP contribution < -0.4 is 16.0 Å². The number of rotatable bonds is 5. The van der Waals surface area contributed by atoms with Gasteiger partial charge in [-0.15, -0.1) is 0 Å². The summed E-state index contributed by atoms with van der Waals surface area (Å²) in [7, 11) is 1.53. The van der Waals surface area contributed by atoms with Crippen molar-refractivity contribution >= 4 is 23.4 Å². The second-order valence-corrected chi connectivity index (χ2v) is 3.91. The molecule has 0 fully saturated rings. The first-order valence-corrected chi connectivity index (χ1v) is 5.90. The fraction of sp³-hybridized carbons (Fsp3) is 0.308. The SMILES string of the molecule is CNC(=O)c1ccccc1NC(=O)CCNC(C)=O. The largest absolute Gasteiger partial charge is 0.356 e. The van der Waals surface area contributed by atoms with Gasteiger partial charge in [-0.2, -0.15) is 0 Å². The van der Waals surface area contributed by atoms with Crippen molar-refractivity contribution in [1.82, 2.24) is 10.6 Å². The van der Waals surface area contributed by atoms with Crippen LogP contribution in [0.4, 0.5) is 5.69 Å². The molecule has 0 aromatic heterocycles. The second kappa shape index (κ2) is 7.15. The minimum atomic E-state index is -0.266. The molecule has 0 spiro atoms. The highest BCUT2D eigenvalue weighted by molar-refractivity contribution is 6.03. The molecular weight excluding hydrogens is 246 g/mol. The van der Waals surface area contributed by atoms with E-state index in [-0.39, 0.29) is 30.7 Å². The van der Waals surface area contributed by atoms with Crippen LogP contribution in [0.15, 0.2) is 24.3 Å². The van der Waals surface area contributed by atoms with Crippen LogP contribution in [0.1, 0.15) is 23.7 Å². The van der Waals surface area contributed by atoms with Gasteiger partial charge in [-0.3, -0.25) is 14.4 Å². The van der Waals surface area contributed by atoms with Crippen LogP contribution in [-0.2, 0) is 9.59 Å². The summed E-state index contributed by atoms with van der Waals surface area (Å²) >= 11 is 0. The maximum absolute atomic E-state index is 11.7. The van der Waals surface area contributed by atoms with Gasteiger partial charge < -0.3 is 16.0 Å². The molecule has 102 valence electrons. The summed E-state index contributed by atoms with van der Waals surface area (Å²) in [5.41, 5.74) is 0.854. The van der Waals surface area contributed by atoms with Crippen LogP contribution in [0.3, 0.4) is 0 Å². The molecule has 0 aliphatic rings. The number of anilines is 1. The van der Waals surface area contributed by atoms with E-state index in [1.54, 1.807) is 24.3 Å². The van der Waals surface area contributed by atoms with Gasteiger partial charge in [0.05, 0.1) is 11.3 Å². The Kier molecular flexibility index (Phi) is 5.53. The van der Waals surface area contributed by atoms with Gasteiger partial charge in [0.15, 0.2) is 0 Å². The molecule has 0 radical (unpaired) electrons. The number of carbonyl (C=O) groups excluding carboxylic acids is 3. The van der Waals surface area contributed by atoms with E-state index < -0.39 is 0 Å². The minimum absolute atomic E-state index is 0.154. The number of nitrogens with one attached hydrogen (secondary N) is 3. The first-order chi connectivity index (χ1) is 9.04. The highest BCUT2D eigenvalue weighted by Gasteiger charge is 2.11. The van der Waals surface area contributed by atoms with E-state index >= 15 is 0 Å². The van der Waals surface area contributed by atoms with E-state index in [1.807, 2.05) is 0 Å². The highest BCUT2D eigenvalue weighted by atomic mass is 16.2. The predicted octanol–water partition coefficient (Wildman–Crippen LogP) is 0.511. The number of amides is 3. The number of para-hydroxylation sites is 1. The molecule has 0 bridgehead atoms. The molecule has 6 nitrogen and oxygen atoms in total. The van der Waals surface area contributed by atoms with Crippen molar-refractivity contribution in [1.29, 1.82) is 0 Å². The minimum Gasteiger partial charge on any atom is -0.356 e. The average Bonchev–Trinajstić information content (AvgIpc) is 2.38. The van der Waals surface area contributed by atoms with Crippen LogP contribution in [0.25, 0.3) is 0 Å². The molecule has 3 N–H and O–H groups in total. The van der Waals surface area contributed by atoms with Gasteiger partial charge >= 0.3 is 0 Å². The number of hydrogen-bond donors (Lipinski definition) is 3. The van der Waals surface area contributed by atoms with E-state index in [0.717, 1.165) is 0 Å². The van der Waals surface area contributed by atoms with Gasteiger partial charge in [0, 0.05) is 26.9 Å². The zero-order chi connectivity index (χ0) is 14.3. The lowest BCUT2D eigenvalue weighted by molar-refractivity contribution is -0.119. The Balaban J connectivity index is 2.64. The molecule has 0 aliphatic heterocycles. The van der Waals surface area contributed by atoms with Crippen LogP contribution in [0.2, 0.25) is 0 Å². The van der Waals surface area contributed by atoms with Crippen molar-refractivity contribution < 1.29 is 14.4 Å². The van der Waals surface area contributed by atoms with E-state index in [1.165, 1.54) is 14.0 Å². The van der Waals surface area contributed by atoms with Crippen molar-refractivity contribution in [3.8, 4) is 0 Å². The molecule has 0 unspecified atom stereocenters. The molecule has 1 rings (SSSR count). The van der Waals surface area contributed by atoms with Gasteiger partial charge in [-0.25, -0.2) is 0 Å². The number of carbonyl (C=O) groups is 3. The fourth-order valence-corrected chi connectivity index (χ4v) is 1.49. The van der Waals surface area contributed by atoms with Crippen molar-refractivity contribution in [2.24, 2.45) is 0 Å². The van der Waals surface area contributed by atoms with Gasteiger partial charge in [0.1, 0.15) is 0 Å². The summed E-state index contributed by atoms with van der Waals surface area (Å²) in [5, 5.41) is 7.69. The third-order valence-electron chi connectivity index (χ3n) is 2.40. The maximum Gasteiger partial charge on any atom is 0.253 e. The Morgan fingerprint density at radius 2 is 1.84 bits per heavy atom. The lowest BCUT2D eigenvalue weighted by atomic mass is 10.1. The summed E-state index contributed by atoms with van der Waals surface area (Å²) in [6.45, 7) is 1.65. The molecule has 0 saturated carbocycles. The molecule has 1 aromatic carbocycles. The van der Waals surface area contributed by atoms with Gasteiger partial charge in [0.2, 0.25) is 11.8 Å². The lowest BCUT2D eigenvalue weighted by Crippen LogP contribution is -2.26. The van der Waals surface area contributed by atoms with Crippen LogP contribution in [-0.4, -0.2) is 31.3 Å². The van der Waals surface area contributed by atoms with Gasteiger partial charge in [-0.1, -0.05) is 12.1 Å². The first kappa shape index (κ1) is 14.7. The van der Waals surface area contributed by atoms with Crippen molar-refractivity contribution in [3.05, 3.63) is 29.8 Å². The Morgan fingerprint density at radius 1 is 1.16 bits per heavy atom. The van der Waals surface area contributed by atoms with E-state index in [0.29, 0.717) is 11.3 Å². The van der Waals surface area contributed by atoms with Gasteiger partial charge in [-0.05, 0) is 12.1 Å². The monoisotopic (exact) mass is 263 g/mol. The zero-order valence-electron chi connectivity index (χ0n) is 10.9. The molecule has 3 amide bonds. The second-order valence-electron chi connectivity index (χ2n) is 3.91. The third kappa shape index (κ3) is 4.79. The topological polar surface area (TPSA) is 87.3 Å². The van der Waals surface area contributed by atoms with Gasteiger partial charge in [0.25, 0.3) is 5.91 Å². The molecular formula is C13H17N3O3. The van der Waals surface area contributed by atoms with E-state index in [4.69, 9.17) is 0 Å². The smallest absolute Gasteiger partial charge is 0.253 e. The Labute approximate surface area is 111 Å². The van der Waals surface area contributed by atoms with Crippen LogP contribution >= 0.6 is 0 Å². The normalized spacial score (nSPS) is 9.58. The standard InChI is InChI=1S/C13H17N3O3/c1-9(17)15-8-7-12(18)16-11-6-4-3-5-10(11)13(19)14-2/h3-6H,7-8H2,1-2H3,(H,14,19)(H,15,17)(H,16,18). The zero-order valence-corrected chi connectivity index (χ0v) is 10.9. The summed E-state index contributed by atoms with van der Waals surface area (Å²) in [4.78, 5) is 33.9.